The molecule has 2 N–H and O–H groups in total. The second kappa shape index (κ2) is 4.83. The van der Waals surface area contributed by atoms with Gasteiger partial charge in [0.1, 0.15) is 0 Å². The van der Waals surface area contributed by atoms with Crippen molar-refractivity contribution < 1.29 is 0 Å². The van der Waals surface area contributed by atoms with Gasteiger partial charge in [0.15, 0.2) is 0 Å². The first-order chi connectivity index (χ1) is 8.00. The standard InChI is InChI=1S/C14H19BrN2/c1-8(2)16-7-12-13(15)11-6-5-9(3)10(4)14(11)17-12/h5-6,8,16-17H,7H2,1-4H3. The zero-order valence-corrected chi connectivity index (χ0v) is 12.4. The molecule has 0 aliphatic rings. The molecule has 3 heteroatoms. The fourth-order valence-corrected chi connectivity index (χ4v) is 2.53. The summed E-state index contributed by atoms with van der Waals surface area (Å²) >= 11 is 3.69. The van der Waals surface area contributed by atoms with Crippen LogP contribution in [0.25, 0.3) is 10.9 Å². The number of H-pyrrole nitrogens is 1. The maximum atomic E-state index is 3.69. The third kappa shape index (κ3) is 2.40. The van der Waals surface area contributed by atoms with Crippen LogP contribution in [0.2, 0.25) is 0 Å². The summed E-state index contributed by atoms with van der Waals surface area (Å²) in [5.41, 5.74) is 5.13. The van der Waals surface area contributed by atoms with Crippen molar-refractivity contribution in [2.45, 2.75) is 40.3 Å². The molecular formula is C14H19BrN2. The van der Waals surface area contributed by atoms with E-state index in [0.717, 1.165) is 6.54 Å². The molecule has 0 fully saturated rings. The lowest BCUT2D eigenvalue weighted by molar-refractivity contribution is 0.582. The minimum absolute atomic E-state index is 0.496. The number of aryl methyl sites for hydroxylation is 2. The number of halogens is 1. The van der Waals surface area contributed by atoms with Crippen LogP contribution >= 0.6 is 15.9 Å². The zero-order valence-electron chi connectivity index (χ0n) is 10.8. The molecule has 0 aliphatic carbocycles. The first-order valence-corrected chi connectivity index (χ1v) is 6.79. The van der Waals surface area contributed by atoms with E-state index in [1.807, 2.05) is 0 Å². The molecule has 2 aromatic rings. The minimum Gasteiger partial charge on any atom is -0.356 e. The Labute approximate surface area is 111 Å². The maximum Gasteiger partial charge on any atom is 0.0500 e. The monoisotopic (exact) mass is 294 g/mol. The molecule has 0 amide bonds. The lowest BCUT2D eigenvalue weighted by Gasteiger charge is -2.06. The average molecular weight is 295 g/mol. The van der Waals surface area contributed by atoms with E-state index in [0.29, 0.717) is 6.04 Å². The van der Waals surface area contributed by atoms with Crippen LogP contribution < -0.4 is 5.32 Å². The molecule has 2 rings (SSSR count). The fraction of sp³-hybridized carbons (Fsp3) is 0.429. The largest absolute Gasteiger partial charge is 0.356 e. The van der Waals surface area contributed by atoms with Crippen molar-refractivity contribution >= 4 is 26.8 Å². The van der Waals surface area contributed by atoms with Crippen molar-refractivity contribution in [1.82, 2.24) is 10.3 Å². The molecule has 0 spiro atoms. The van der Waals surface area contributed by atoms with Crippen LogP contribution in [0.4, 0.5) is 0 Å². The highest BCUT2D eigenvalue weighted by Gasteiger charge is 2.11. The topological polar surface area (TPSA) is 27.8 Å². The molecule has 1 aromatic heterocycles. The Morgan fingerprint density at radius 1 is 1.29 bits per heavy atom. The fourth-order valence-electron chi connectivity index (χ4n) is 1.96. The van der Waals surface area contributed by atoms with Gasteiger partial charge in [0, 0.05) is 28.1 Å². The molecule has 92 valence electrons. The Bertz CT molecular complexity index is 541. The number of fused-ring (bicyclic) bond motifs is 1. The van der Waals surface area contributed by atoms with Crippen molar-refractivity contribution in [2.24, 2.45) is 0 Å². The van der Waals surface area contributed by atoms with Gasteiger partial charge in [0.05, 0.1) is 5.52 Å². The average Bonchev–Trinajstić information content (AvgIpc) is 2.59. The van der Waals surface area contributed by atoms with E-state index in [-0.39, 0.29) is 0 Å². The van der Waals surface area contributed by atoms with Crippen LogP contribution in [-0.4, -0.2) is 11.0 Å². The van der Waals surface area contributed by atoms with Crippen molar-refractivity contribution in [1.29, 1.82) is 0 Å². The molecule has 0 unspecified atom stereocenters. The van der Waals surface area contributed by atoms with E-state index < -0.39 is 0 Å². The minimum atomic E-state index is 0.496. The first-order valence-electron chi connectivity index (χ1n) is 6.00. The van der Waals surface area contributed by atoms with E-state index in [4.69, 9.17) is 0 Å². The second-order valence-corrected chi connectivity index (χ2v) is 5.68. The van der Waals surface area contributed by atoms with Gasteiger partial charge in [0.25, 0.3) is 0 Å². The van der Waals surface area contributed by atoms with Crippen LogP contribution in [0.1, 0.15) is 30.7 Å². The number of aromatic nitrogens is 1. The van der Waals surface area contributed by atoms with E-state index in [1.165, 1.54) is 32.2 Å². The van der Waals surface area contributed by atoms with Gasteiger partial charge in [-0.05, 0) is 40.9 Å². The van der Waals surface area contributed by atoms with Crippen molar-refractivity contribution in [3.63, 3.8) is 0 Å². The molecule has 1 heterocycles. The number of aromatic amines is 1. The Morgan fingerprint density at radius 2 is 2.00 bits per heavy atom. The summed E-state index contributed by atoms with van der Waals surface area (Å²) in [5, 5.41) is 4.71. The lowest BCUT2D eigenvalue weighted by atomic mass is 10.1. The van der Waals surface area contributed by atoms with Gasteiger partial charge in [-0.3, -0.25) is 0 Å². The Kier molecular flexibility index (Phi) is 3.59. The third-order valence-corrected chi connectivity index (χ3v) is 4.11. The number of nitrogens with one attached hydrogen (secondary N) is 2. The summed E-state index contributed by atoms with van der Waals surface area (Å²) in [6.45, 7) is 9.50. The van der Waals surface area contributed by atoms with Gasteiger partial charge in [-0.1, -0.05) is 26.0 Å². The Balaban J connectivity index is 2.45. The highest BCUT2D eigenvalue weighted by Crippen LogP contribution is 2.31. The van der Waals surface area contributed by atoms with Gasteiger partial charge in [0.2, 0.25) is 0 Å². The van der Waals surface area contributed by atoms with Gasteiger partial charge in [-0.25, -0.2) is 0 Å². The first kappa shape index (κ1) is 12.7. The van der Waals surface area contributed by atoms with Crippen LogP contribution in [-0.2, 0) is 6.54 Å². The van der Waals surface area contributed by atoms with Crippen LogP contribution in [0.5, 0.6) is 0 Å². The maximum absolute atomic E-state index is 3.69. The van der Waals surface area contributed by atoms with Crippen molar-refractivity contribution in [2.75, 3.05) is 0 Å². The molecular weight excluding hydrogens is 276 g/mol. The summed E-state index contributed by atoms with van der Waals surface area (Å²) in [4.78, 5) is 3.52. The smallest absolute Gasteiger partial charge is 0.0500 e. The van der Waals surface area contributed by atoms with Gasteiger partial charge >= 0.3 is 0 Å². The summed E-state index contributed by atoms with van der Waals surface area (Å²) in [6, 6.07) is 4.85. The highest BCUT2D eigenvalue weighted by atomic mass is 79.9. The summed E-state index contributed by atoms with van der Waals surface area (Å²) in [5.74, 6) is 0. The molecule has 0 aliphatic heterocycles. The van der Waals surface area contributed by atoms with E-state index in [9.17, 15) is 0 Å². The molecule has 0 saturated carbocycles. The molecule has 0 radical (unpaired) electrons. The van der Waals surface area contributed by atoms with E-state index in [1.54, 1.807) is 0 Å². The SMILES string of the molecule is Cc1ccc2c(Br)c(CNC(C)C)[nH]c2c1C. The molecule has 2 nitrogen and oxygen atoms in total. The molecule has 1 aromatic carbocycles. The summed E-state index contributed by atoms with van der Waals surface area (Å²) < 4.78 is 1.18. The second-order valence-electron chi connectivity index (χ2n) is 4.88. The summed E-state index contributed by atoms with van der Waals surface area (Å²) in [7, 11) is 0. The molecule has 0 bridgehead atoms. The van der Waals surface area contributed by atoms with Crippen molar-refractivity contribution in [3.05, 3.63) is 33.4 Å². The predicted octanol–water partition coefficient (Wildman–Crippen LogP) is 4.05. The summed E-state index contributed by atoms with van der Waals surface area (Å²) in [6.07, 6.45) is 0. The highest BCUT2D eigenvalue weighted by molar-refractivity contribution is 9.10. The number of hydrogen-bond donors (Lipinski definition) is 2. The Hall–Kier alpha value is -0.800. The van der Waals surface area contributed by atoms with Crippen molar-refractivity contribution in [3.8, 4) is 0 Å². The van der Waals surface area contributed by atoms with Gasteiger partial charge < -0.3 is 10.3 Å². The number of hydrogen-bond acceptors (Lipinski definition) is 1. The van der Waals surface area contributed by atoms with Crippen LogP contribution in [0, 0.1) is 13.8 Å². The van der Waals surface area contributed by atoms with Gasteiger partial charge in [-0.2, -0.15) is 0 Å². The third-order valence-electron chi connectivity index (χ3n) is 3.20. The number of rotatable bonds is 3. The van der Waals surface area contributed by atoms with Gasteiger partial charge in [-0.15, -0.1) is 0 Å². The predicted molar refractivity (Wildman–Crippen MR) is 77.4 cm³/mol. The normalized spacial score (nSPS) is 11.6. The zero-order chi connectivity index (χ0) is 12.6. The quantitative estimate of drug-likeness (QED) is 0.878. The molecule has 17 heavy (non-hydrogen) atoms. The van der Waals surface area contributed by atoms with E-state index in [2.05, 4.69) is 66.1 Å². The molecule has 0 atom stereocenters. The Morgan fingerprint density at radius 3 is 2.65 bits per heavy atom. The van der Waals surface area contributed by atoms with E-state index >= 15 is 0 Å². The van der Waals surface area contributed by atoms with Crippen LogP contribution in [0.15, 0.2) is 16.6 Å². The van der Waals surface area contributed by atoms with Crippen LogP contribution in [0.3, 0.4) is 0 Å². The number of benzene rings is 1. The lowest BCUT2D eigenvalue weighted by Crippen LogP contribution is -2.22. The molecule has 0 saturated heterocycles.